The van der Waals surface area contributed by atoms with Gasteiger partial charge in [0.25, 0.3) is 0 Å². The van der Waals surface area contributed by atoms with Gasteiger partial charge in [-0.2, -0.15) is 0 Å². The monoisotopic (exact) mass is 132 g/mol. The van der Waals surface area contributed by atoms with Crippen LogP contribution >= 0.6 is 0 Å². The summed E-state index contributed by atoms with van der Waals surface area (Å²) >= 11 is 0. The minimum absolute atomic E-state index is 0.592. The molecule has 0 saturated carbocycles. The number of benzene rings is 1. The van der Waals surface area contributed by atoms with Crippen molar-refractivity contribution in [1.82, 2.24) is 0 Å². The lowest BCUT2D eigenvalue weighted by molar-refractivity contribution is 1.26. The quantitative estimate of drug-likeness (QED) is 0.647. The molecule has 51 valence electrons. The molecular formula is C9H10N. The van der Waals surface area contributed by atoms with Crippen molar-refractivity contribution in [2.24, 2.45) is 5.73 Å². The van der Waals surface area contributed by atoms with Gasteiger partial charge < -0.3 is 5.73 Å². The van der Waals surface area contributed by atoms with E-state index in [2.05, 4.69) is 6.07 Å². The lowest BCUT2D eigenvalue weighted by atomic mass is 10.2. The SMILES string of the molecule is NCC=Cc1c[c]ccc1. The summed E-state index contributed by atoms with van der Waals surface area (Å²) in [6.45, 7) is 0.592. The molecule has 0 aliphatic heterocycles. The van der Waals surface area contributed by atoms with Gasteiger partial charge in [-0.3, -0.25) is 0 Å². The van der Waals surface area contributed by atoms with Crippen molar-refractivity contribution in [1.29, 1.82) is 0 Å². The van der Waals surface area contributed by atoms with Gasteiger partial charge in [0.2, 0.25) is 0 Å². The summed E-state index contributed by atoms with van der Waals surface area (Å²) in [4.78, 5) is 0. The molecule has 0 fully saturated rings. The zero-order valence-corrected chi connectivity index (χ0v) is 5.75. The van der Waals surface area contributed by atoms with Crippen molar-refractivity contribution in [2.75, 3.05) is 6.54 Å². The van der Waals surface area contributed by atoms with E-state index in [1.165, 1.54) is 0 Å². The van der Waals surface area contributed by atoms with E-state index < -0.39 is 0 Å². The Bertz CT molecular complexity index is 201. The van der Waals surface area contributed by atoms with Crippen LogP contribution < -0.4 is 5.73 Å². The highest BCUT2D eigenvalue weighted by molar-refractivity contribution is 5.48. The molecule has 1 heteroatoms. The maximum absolute atomic E-state index is 5.28. The lowest BCUT2D eigenvalue weighted by Crippen LogP contribution is -1.91. The Balaban J connectivity index is 2.67. The van der Waals surface area contributed by atoms with Crippen molar-refractivity contribution in [3.8, 4) is 0 Å². The number of nitrogens with two attached hydrogens (primary N) is 1. The van der Waals surface area contributed by atoms with E-state index in [9.17, 15) is 0 Å². The molecule has 2 N–H and O–H groups in total. The largest absolute Gasteiger partial charge is 0.327 e. The number of hydrogen-bond acceptors (Lipinski definition) is 1. The maximum atomic E-state index is 5.28. The molecule has 0 atom stereocenters. The van der Waals surface area contributed by atoms with Gasteiger partial charge in [-0.15, -0.1) is 0 Å². The lowest BCUT2D eigenvalue weighted by Gasteiger charge is -1.87. The summed E-state index contributed by atoms with van der Waals surface area (Å²) in [5.41, 5.74) is 6.43. The summed E-state index contributed by atoms with van der Waals surface area (Å²) < 4.78 is 0. The Morgan fingerprint density at radius 3 is 3.10 bits per heavy atom. The summed E-state index contributed by atoms with van der Waals surface area (Å²) in [6, 6.07) is 10.7. The molecule has 0 unspecified atom stereocenters. The summed E-state index contributed by atoms with van der Waals surface area (Å²) in [5, 5.41) is 0. The molecule has 0 amide bonds. The van der Waals surface area contributed by atoms with Gasteiger partial charge in [0.15, 0.2) is 0 Å². The second-order valence-corrected chi connectivity index (χ2v) is 1.97. The summed E-state index contributed by atoms with van der Waals surface area (Å²) in [7, 11) is 0. The van der Waals surface area contributed by atoms with Crippen LogP contribution in [0.15, 0.2) is 30.3 Å². The van der Waals surface area contributed by atoms with Crippen molar-refractivity contribution in [2.45, 2.75) is 0 Å². The molecule has 0 heterocycles. The Kier molecular flexibility index (Phi) is 2.71. The third-order valence-electron chi connectivity index (χ3n) is 1.18. The van der Waals surface area contributed by atoms with Crippen LogP contribution in [0.1, 0.15) is 5.56 Å². The Labute approximate surface area is 61.2 Å². The van der Waals surface area contributed by atoms with Gasteiger partial charge >= 0.3 is 0 Å². The fourth-order valence-electron chi connectivity index (χ4n) is 0.715. The highest BCUT2D eigenvalue weighted by atomic mass is 14.5. The molecule has 1 aromatic carbocycles. The predicted molar refractivity (Wildman–Crippen MR) is 43.4 cm³/mol. The molecule has 1 radical (unpaired) electrons. The molecule has 1 rings (SSSR count). The first-order chi connectivity index (χ1) is 4.93. The smallest absolute Gasteiger partial charge is 0.0110 e. The molecule has 0 bridgehead atoms. The van der Waals surface area contributed by atoms with Crippen LogP contribution in [-0.4, -0.2) is 6.54 Å². The third-order valence-corrected chi connectivity index (χ3v) is 1.18. The predicted octanol–water partition coefficient (Wildman–Crippen LogP) is 1.46. The summed E-state index contributed by atoms with van der Waals surface area (Å²) in [5.74, 6) is 0. The molecular weight excluding hydrogens is 122 g/mol. The van der Waals surface area contributed by atoms with Crippen LogP contribution in [0.25, 0.3) is 6.08 Å². The van der Waals surface area contributed by atoms with Gasteiger partial charge in [-0.1, -0.05) is 30.4 Å². The van der Waals surface area contributed by atoms with E-state index in [1.54, 1.807) is 0 Å². The normalized spacial score (nSPS) is 10.5. The van der Waals surface area contributed by atoms with Gasteiger partial charge in [0, 0.05) is 6.54 Å². The van der Waals surface area contributed by atoms with Crippen LogP contribution in [0.5, 0.6) is 0 Å². The number of rotatable bonds is 2. The van der Waals surface area contributed by atoms with E-state index in [0.29, 0.717) is 6.54 Å². The average molecular weight is 132 g/mol. The molecule has 0 spiro atoms. The van der Waals surface area contributed by atoms with Gasteiger partial charge in [-0.25, -0.2) is 0 Å². The fraction of sp³-hybridized carbons (Fsp3) is 0.111. The first-order valence-electron chi connectivity index (χ1n) is 3.26. The van der Waals surface area contributed by atoms with Crippen LogP contribution in [-0.2, 0) is 0 Å². The highest BCUT2D eigenvalue weighted by Crippen LogP contribution is 1.98. The molecule has 0 aliphatic carbocycles. The van der Waals surface area contributed by atoms with E-state index >= 15 is 0 Å². The molecule has 0 aliphatic rings. The second kappa shape index (κ2) is 3.85. The Morgan fingerprint density at radius 1 is 1.60 bits per heavy atom. The van der Waals surface area contributed by atoms with Crippen LogP contribution in [0.2, 0.25) is 0 Å². The fourth-order valence-corrected chi connectivity index (χ4v) is 0.715. The molecule has 1 nitrogen and oxygen atoms in total. The average Bonchev–Trinajstić information content (AvgIpc) is 2.03. The standard InChI is InChI=1S/C9H10N/c10-8-4-7-9-5-2-1-3-6-9/h1-2,4-7H,8,10H2. The molecule has 0 aromatic heterocycles. The molecule has 0 saturated heterocycles. The number of hydrogen-bond donors (Lipinski definition) is 1. The van der Waals surface area contributed by atoms with Crippen LogP contribution in [0.4, 0.5) is 0 Å². The Hall–Kier alpha value is -1.08. The van der Waals surface area contributed by atoms with Gasteiger partial charge in [0.1, 0.15) is 0 Å². The topological polar surface area (TPSA) is 26.0 Å². The van der Waals surface area contributed by atoms with Gasteiger partial charge in [-0.05, 0) is 17.7 Å². The van der Waals surface area contributed by atoms with E-state index in [-0.39, 0.29) is 0 Å². The molecule has 1 aromatic rings. The first kappa shape index (κ1) is 7.03. The molecule has 10 heavy (non-hydrogen) atoms. The maximum Gasteiger partial charge on any atom is 0.0110 e. The zero-order valence-electron chi connectivity index (χ0n) is 5.75. The third kappa shape index (κ3) is 2.03. The van der Waals surface area contributed by atoms with Gasteiger partial charge in [0.05, 0.1) is 0 Å². The van der Waals surface area contributed by atoms with E-state index in [0.717, 1.165) is 5.56 Å². The van der Waals surface area contributed by atoms with Crippen LogP contribution in [0.3, 0.4) is 0 Å². The van der Waals surface area contributed by atoms with Crippen molar-refractivity contribution >= 4 is 6.08 Å². The summed E-state index contributed by atoms with van der Waals surface area (Å²) in [6.07, 6.45) is 3.90. The second-order valence-electron chi connectivity index (χ2n) is 1.97. The van der Waals surface area contributed by atoms with E-state index in [1.807, 2.05) is 36.4 Å². The zero-order chi connectivity index (χ0) is 7.23. The highest BCUT2D eigenvalue weighted by Gasteiger charge is 1.79. The minimum Gasteiger partial charge on any atom is -0.327 e. The van der Waals surface area contributed by atoms with Crippen LogP contribution in [0, 0.1) is 6.07 Å². The van der Waals surface area contributed by atoms with Crippen molar-refractivity contribution in [3.63, 3.8) is 0 Å². The van der Waals surface area contributed by atoms with Crippen molar-refractivity contribution < 1.29 is 0 Å². The van der Waals surface area contributed by atoms with Crippen molar-refractivity contribution in [3.05, 3.63) is 42.0 Å². The Morgan fingerprint density at radius 2 is 2.50 bits per heavy atom. The first-order valence-corrected chi connectivity index (χ1v) is 3.26. The van der Waals surface area contributed by atoms with E-state index in [4.69, 9.17) is 5.73 Å². The minimum atomic E-state index is 0.592.